The van der Waals surface area contributed by atoms with Gasteiger partial charge in [-0.3, -0.25) is 0 Å². The molecule has 3 rings (SSSR count). The molecule has 0 aromatic heterocycles. The fourth-order valence-corrected chi connectivity index (χ4v) is 3.54. The molecule has 3 nitrogen and oxygen atoms in total. The lowest BCUT2D eigenvalue weighted by Crippen LogP contribution is -2.35. The van der Waals surface area contributed by atoms with Gasteiger partial charge in [0.15, 0.2) is 0 Å². The van der Waals surface area contributed by atoms with Crippen LogP contribution in [0, 0.1) is 5.92 Å². The fraction of sp³-hybridized carbons (Fsp3) is 0.667. The van der Waals surface area contributed by atoms with Crippen LogP contribution in [0.5, 0.6) is 5.75 Å². The topological polar surface area (TPSA) is 24.5 Å². The van der Waals surface area contributed by atoms with E-state index < -0.39 is 0 Å². The van der Waals surface area contributed by atoms with Crippen molar-refractivity contribution in [1.29, 1.82) is 0 Å². The van der Waals surface area contributed by atoms with E-state index in [1.54, 1.807) is 0 Å². The lowest BCUT2D eigenvalue weighted by molar-refractivity contribution is 0.322. The molecule has 0 radical (unpaired) electrons. The van der Waals surface area contributed by atoms with Crippen LogP contribution >= 0.6 is 0 Å². The monoisotopic (exact) mass is 288 g/mol. The van der Waals surface area contributed by atoms with E-state index >= 15 is 0 Å². The Morgan fingerprint density at radius 3 is 2.86 bits per heavy atom. The molecule has 1 N–H and O–H groups in total. The molecule has 116 valence electrons. The molecule has 0 amide bonds. The van der Waals surface area contributed by atoms with Gasteiger partial charge in [-0.15, -0.1) is 0 Å². The summed E-state index contributed by atoms with van der Waals surface area (Å²) in [4.78, 5) is 2.47. The number of rotatable bonds is 5. The highest BCUT2D eigenvalue weighted by atomic mass is 16.5. The molecule has 0 saturated heterocycles. The first kappa shape index (κ1) is 14.7. The van der Waals surface area contributed by atoms with Gasteiger partial charge in [0.2, 0.25) is 0 Å². The SMILES string of the molecule is c1ccc2c(c1)OCCCN2CCNCC1CCCCC1. The van der Waals surface area contributed by atoms with Gasteiger partial charge in [-0.1, -0.05) is 31.4 Å². The van der Waals surface area contributed by atoms with Crippen LogP contribution in [0.15, 0.2) is 24.3 Å². The van der Waals surface area contributed by atoms with E-state index in [2.05, 4.69) is 34.5 Å². The number of hydrogen-bond donors (Lipinski definition) is 1. The minimum absolute atomic E-state index is 0.836. The molecule has 21 heavy (non-hydrogen) atoms. The molecule has 1 aliphatic carbocycles. The van der Waals surface area contributed by atoms with E-state index in [4.69, 9.17) is 4.74 Å². The predicted octanol–water partition coefficient (Wildman–Crippen LogP) is 3.45. The number of nitrogens with zero attached hydrogens (tertiary/aromatic N) is 1. The van der Waals surface area contributed by atoms with Crippen LogP contribution in [0.3, 0.4) is 0 Å². The minimum Gasteiger partial charge on any atom is -0.491 e. The molecule has 0 spiro atoms. The molecule has 1 heterocycles. The van der Waals surface area contributed by atoms with Crippen molar-refractivity contribution in [3.05, 3.63) is 24.3 Å². The molecular weight excluding hydrogens is 260 g/mol. The van der Waals surface area contributed by atoms with Gasteiger partial charge in [0.25, 0.3) is 0 Å². The van der Waals surface area contributed by atoms with Crippen LogP contribution in [0.1, 0.15) is 38.5 Å². The first-order valence-corrected chi connectivity index (χ1v) is 8.61. The van der Waals surface area contributed by atoms with Crippen molar-refractivity contribution in [2.75, 3.05) is 37.7 Å². The van der Waals surface area contributed by atoms with Crippen LogP contribution in [0.25, 0.3) is 0 Å². The fourth-order valence-electron chi connectivity index (χ4n) is 3.54. The Bertz CT molecular complexity index is 429. The third-order valence-corrected chi connectivity index (χ3v) is 4.75. The second-order valence-corrected chi connectivity index (χ2v) is 6.36. The summed E-state index contributed by atoms with van der Waals surface area (Å²) in [5.74, 6) is 1.96. The lowest BCUT2D eigenvalue weighted by atomic mass is 9.89. The summed E-state index contributed by atoms with van der Waals surface area (Å²) in [6.45, 7) is 5.29. The third-order valence-electron chi connectivity index (χ3n) is 4.75. The zero-order chi connectivity index (χ0) is 14.3. The van der Waals surface area contributed by atoms with Crippen molar-refractivity contribution in [2.24, 2.45) is 5.92 Å². The van der Waals surface area contributed by atoms with Crippen molar-refractivity contribution in [1.82, 2.24) is 5.32 Å². The van der Waals surface area contributed by atoms with E-state index in [-0.39, 0.29) is 0 Å². The van der Waals surface area contributed by atoms with Gasteiger partial charge >= 0.3 is 0 Å². The molecule has 2 aliphatic rings. The van der Waals surface area contributed by atoms with Gasteiger partial charge in [-0.05, 0) is 43.9 Å². The van der Waals surface area contributed by atoms with Crippen LogP contribution in [-0.4, -0.2) is 32.8 Å². The van der Waals surface area contributed by atoms with E-state index in [1.807, 2.05) is 0 Å². The van der Waals surface area contributed by atoms with Gasteiger partial charge in [-0.2, -0.15) is 0 Å². The Labute approximate surface area is 128 Å². The zero-order valence-electron chi connectivity index (χ0n) is 13.0. The molecule has 1 aromatic carbocycles. The summed E-state index contributed by atoms with van der Waals surface area (Å²) in [6.07, 6.45) is 8.27. The number of benzene rings is 1. The molecule has 1 saturated carbocycles. The highest BCUT2D eigenvalue weighted by Gasteiger charge is 2.16. The van der Waals surface area contributed by atoms with Crippen LogP contribution in [0.2, 0.25) is 0 Å². The number of hydrogen-bond acceptors (Lipinski definition) is 3. The Hall–Kier alpha value is -1.22. The molecule has 1 aliphatic heterocycles. The van der Waals surface area contributed by atoms with Gasteiger partial charge < -0.3 is 15.0 Å². The summed E-state index contributed by atoms with van der Waals surface area (Å²) >= 11 is 0. The summed E-state index contributed by atoms with van der Waals surface area (Å²) in [7, 11) is 0. The van der Waals surface area contributed by atoms with E-state index in [0.717, 1.165) is 44.3 Å². The number of ether oxygens (including phenoxy) is 1. The number of fused-ring (bicyclic) bond motifs is 1. The summed E-state index contributed by atoms with van der Waals surface area (Å²) in [5.41, 5.74) is 1.26. The largest absolute Gasteiger partial charge is 0.491 e. The van der Waals surface area contributed by atoms with Crippen LogP contribution in [0.4, 0.5) is 5.69 Å². The summed E-state index contributed by atoms with van der Waals surface area (Å²) in [5, 5.41) is 3.67. The standard InChI is InChI=1S/C18H28N2O/c1-2-7-16(8-3-1)15-19-11-13-20-12-6-14-21-18-10-5-4-9-17(18)20/h4-5,9-10,16,19H,1-3,6-8,11-15H2. The Balaban J connectivity index is 1.46. The number of para-hydroxylation sites is 2. The second-order valence-electron chi connectivity index (χ2n) is 6.36. The highest BCUT2D eigenvalue weighted by molar-refractivity contribution is 5.58. The minimum atomic E-state index is 0.836. The summed E-state index contributed by atoms with van der Waals surface area (Å²) < 4.78 is 5.82. The maximum atomic E-state index is 5.82. The summed E-state index contributed by atoms with van der Waals surface area (Å²) in [6, 6.07) is 8.44. The van der Waals surface area contributed by atoms with E-state index in [9.17, 15) is 0 Å². The average Bonchev–Trinajstić information content (AvgIpc) is 2.75. The van der Waals surface area contributed by atoms with Crippen LogP contribution in [-0.2, 0) is 0 Å². The predicted molar refractivity (Wildman–Crippen MR) is 88.2 cm³/mol. The zero-order valence-corrected chi connectivity index (χ0v) is 13.0. The third kappa shape index (κ3) is 4.13. The Kier molecular flexibility index (Phi) is 5.39. The van der Waals surface area contributed by atoms with Crippen LogP contribution < -0.4 is 15.0 Å². The van der Waals surface area contributed by atoms with Crippen molar-refractivity contribution in [3.8, 4) is 5.75 Å². The molecule has 0 bridgehead atoms. The quantitative estimate of drug-likeness (QED) is 0.840. The molecule has 0 unspecified atom stereocenters. The maximum Gasteiger partial charge on any atom is 0.142 e. The average molecular weight is 288 g/mol. The Morgan fingerprint density at radius 2 is 1.95 bits per heavy atom. The lowest BCUT2D eigenvalue weighted by Gasteiger charge is -2.25. The molecule has 0 atom stereocenters. The van der Waals surface area contributed by atoms with E-state index in [1.165, 1.54) is 44.3 Å². The first-order chi connectivity index (χ1) is 10.4. The maximum absolute atomic E-state index is 5.82. The van der Waals surface area contributed by atoms with Crippen molar-refractivity contribution >= 4 is 5.69 Å². The van der Waals surface area contributed by atoms with Gasteiger partial charge in [0.05, 0.1) is 12.3 Å². The Morgan fingerprint density at radius 1 is 1.10 bits per heavy atom. The number of anilines is 1. The van der Waals surface area contributed by atoms with E-state index in [0.29, 0.717) is 0 Å². The molecular formula is C18H28N2O. The van der Waals surface area contributed by atoms with Gasteiger partial charge in [-0.25, -0.2) is 0 Å². The van der Waals surface area contributed by atoms with Crippen molar-refractivity contribution < 1.29 is 4.74 Å². The highest BCUT2D eigenvalue weighted by Crippen LogP contribution is 2.30. The smallest absolute Gasteiger partial charge is 0.142 e. The second kappa shape index (κ2) is 7.69. The molecule has 1 fully saturated rings. The normalized spacial score (nSPS) is 19.7. The van der Waals surface area contributed by atoms with Gasteiger partial charge in [0, 0.05) is 19.6 Å². The van der Waals surface area contributed by atoms with Crippen molar-refractivity contribution in [3.63, 3.8) is 0 Å². The number of nitrogens with one attached hydrogen (secondary N) is 1. The molecule has 1 aromatic rings. The van der Waals surface area contributed by atoms with Gasteiger partial charge in [0.1, 0.15) is 5.75 Å². The first-order valence-electron chi connectivity index (χ1n) is 8.61. The van der Waals surface area contributed by atoms with Crippen molar-refractivity contribution in [2.45, 2.75) is 38.5 Å². The molecule has 3 heteroatoms.